The lowest BCUT2D eigenvalue weighted by Gasteiger charge is -2.20. The molecule has 156 valence electrons. The minimum atomic E-state index is -0.240. The summed E-state index contributed by atoms with van der Waals surface area (Å²) in [5.74, 6) is 0.325. The number of nitrogens with zero attached hydrogens (tertiary/aromatic N) is 1. The van der Waals surface area contributed by atoms with Gasteiger partial charge in [0.1, 0.15) is 5.75 Å². The molecular weight excluding hydrogens is 445 g/mol. The second-order valence-corrected chi connectivity index (χ2v) is 8.25. The van der Waals surface area contributed by atoms with Crippen LogP contribution in [0.5, 0.6) is 5.75 Å². The molecule has 7 heteroatoms. The van der Waals surface area contributed by atoms with Crippen LogP contribution < -0.4 is 10.3 Å². The van der Waals surface area contributed by atoms with Gasteiger partial charge in [-0.15, -0.1) is 0 Å². The average Bonchev–Trinajstić information content (AvgIpc) is 2.70. The minimum Gasteiger partial charge on any atom is -0.495 e. The first-order valence-electron chi connectivity index (χ1n) is 9.26. The van der Waals surface area contributed by atoms with Crippen molar-refractivity contribution >= 4 is 40.6 Å². The molecule has 30 heavy (non-hydrogen) atoms. The lowest BCUT2D eigenvalue weighted by molar-refractivity contribution is 0.101. The molecule has 0 aliphatic carbocycles. The molecule has 1 heterocycles. The molecule has 1 aromatic heterocycles. The van der Waals surface area contributed by atoms with Crippen LogP contribution in [0.4, 0.5) is 0 Å². The predicted molar refractivity (Wildman–Crippen MR) is 123 cm³/mol. The van der Waals surface area contributed by atoms with E-state index in [1.807, 2.05) is 6.92 Å². The molecule has 0 N–H and O–H groups in total. The van der Waals surface area contributed by atoms with E-state index in [0.717, 1.165) is 5.56 Å². The van der Waals surface area contributed by atoms with Crippen molar-refractivity contribution in [3.63, 3.8) is 0 Å². The lowest BCUT2D eigenvalue weighted by atomic mass is 9.97. The third-order valence-corrected chi connectivity index (χ3v) is 5.89. The van der Waals surface area contributed by atoms with Crippen LogP contribution in [0.3, 0.4) is 0 Å². The molecule has 0 saturated heterocycles. The third-order valence-electron chi connectivity index (χ3n) is 4.95. The van der Waals surface area contributed by atoms with Gasteiger partial charge in [0.25, 0.3) is 5.56 Å². The fourth-order valence-electron chi connectivity index (χ4n) is 3.41. The summed E-state index contributed by atoms with van der Waals surface area (Å²) in [6.45, 7) is 3.37. The molecule has 0 fully saturated rings. The Morgan fingerprint density at radius 3 is 2.33 bits per heavy atom. The van der Waals surface area contributed by atoms with Gasteiger partial charge in [-0.25, -0.2) is 0 Å². The first-order valence-corrected chi connectivity index (χ1v) is 10.4. The number of benzene rings is 2. The summed E-state index contributed by atoms with van der Waals surface area (Å²) in [5.41, 5.74) is 2.06. The van der Waals surface area contributed by atoms with E-state index in [9.17, 15) is 9.59 Å². The van der Waals surface area contributed by atoms with Crippen LogP contribution in [0, 0.1) is 0 Å². The van der Waals surface area contributed by atoms with Crippen LogP contribution >= 0.6 is 34.8 Å². The first-order chi connectivity index (χ1) is 14.2. The summed E-state index contributed by atoms with van der Waals surface area (Å²) >= 11 is 18.7. The van der Waals surface area contributed by atoms with Gasteiger partial charge in [0.2, 0.25) is 0 Å². The number of Topliss-reactive ketones (excluding diaryl/α,β-unsaturated/α-hetero) is 1. The third kappa shape index (κ3) is 4.56. The Morgan fingerprint density at radius 2 is 1.73 bits per heavy atom. The van der Waals surface area contributed by atoms with E-state index >= 15 is 0 Å². The zero-order valence-corrected chi connectivity index (χ0v) is 19.0. The molecule has 0 spiro atoms. The highest BCUT2D eigenvalue weighted by Crippen LogP contribution is 2.34. The summed E-state index contributed by atoms with van der Waals surface area (Å²) in [6, 6.07) is 11.5. The molecule has 3 aromatic rings. The van der Waals surface area contributed by atoms with Gasteiger partial charge in [-0.2, -0.15) is 0 Å². The van der Waals surface area contributed by atoms with Crippen molar-refractivity contribution in [2.45, 2.75) is 26.3 Å². The molecule has 3 rings (SSSR count). The van der Waals surface area contributed by atoms with E-state index in [2.05, 4.69) is 0 Å². The minimum absolute atomic E-state index is 0.130. The molecule has 1 unspecified atom stereocenters. The fraction of sp³-hybridized carbons (Fsp3) is 0.217. The van der Waals surface area contributed by atoms with Gasteiger partial charge in [-0.1, -0.05) is 40.9 Å². The Hall–Kier alpha value is -2.27. The number of rotatable bonds is 6. The Morgan fingerprint density at radius 1 is 1.07 bits per heavy atom. The average molecular weight is 465 g/mol. The van der Waals surface area contributed by atoms with Crippen molar-refractivity contribution in [2.75, 3.05) is 7.11 Å². The van der Waals surface area contributed by atoms with E-state index < -0.39 is 0 Å². The monoisotopic (exact) mass is 463 g/mol. The van der Waals surface area contributed by atoms with E-state index in [0.29, 0.717) is 43.9 Å². The maximum atomic E-state index is 13.0. The first kappa shape index (κ1) is 22.4. The number of halogens is 3. The highest BCUT2D eigenvalue weighted by atomic mass is 35.5. The van der Waals surface area contributed by atoms with Crippen molar-refractivity contribution in [3.8, 4) is 16.9 Å². The van der Waals surface area contributed by atoms with Gasteiger partial charge >= 0.3 is 0 Å². The summed E-state index contributed by atoms with van der Waals surface area (Å²) in [6.07, 6.45) is 2.11. The molecule has 4 nitrogen and oxygen atoms in total. The summed E-state index contributed by atoms with van der Waals surface area (Å²) < 4.78 is 7.12. The highest BCUT2D eigenvalue weighted by Gasteiger charge is 2.19. The van der Waals surface area contributed by atoms with Crippen LogP contribution in [0.1, 0.15) is 35.8 Å². The van der Waals surface area contributed by atoms with E-state index in [-0.39, 0.29) is 17.4 Å². The van der Waals surface area contributed by atoms with Gasteiger partial charge in [0.05, 0.1) is 13.3 Å². The van der Waals surface area contributed by atoms with Crippen LogP contribution in [0.25, 0.3) is 11.1 Å². The van der Waals surface area contributed by atoms with Gasteiger partial charge in [-0.05, 0) is 61.7 Å². The number of hydrogen-bond acceptors (Lipinski definition) is 3. The molecule has 0 amide bonds. The number of carbonyl (C=O) groups excluding carboxylic acids is 1. The van der Waals surface area contributed by atoms with Crippen molar-refractivity contribution in [1.29, 1.82) is 0 Å². The number of carbonyl (C=O) groups is 1. The van der Waals surface area contributed by atoms with Gasteiger partial charge in [0, 0.05) is 38.3 Å². The van der Waals surface area contributed by atoms with Crippen molar-refractivity contribution in [1.82, 2.24) is 4.57 Å². The summed E-state index contributed by atoms with van der Waals surface area (Å²) in [7, 11) is 1.52. The van der Waals surface area contributed by atoms with Crippen molar-refractivity contribution in [3.05, 3.63) is 85.2 Å². The molecule has 0 aliphatic rings. The number of pyridine rings is 1. The number of methoxy groups -OCH3 is 1. The van der Waals surface area contributed by atoms with Crippen molar-refractivity contribution in [2.24, 2.45) is 0 Å². The number of aromatic nitrogens is 1. The highest BCUT2D eigenvalue weighted by molar-refractivity contribution is 6.36. The molecule has 0 aliphatic heterocycles. The van der Waals surface area contributed by atoms with Gasteiger partial charge < -0.3 is 9.30 Å². The normalized spacial score (nSPS) is 11.9. The maximum Gasteiger partial charge on any atom is 0.251 e. The molecule has 1 atom stereocenters. The molecule has 2 aromatic carbocycles. The Labute approximate surface area is 190 Å². The smallest absolute Gasteiger partial charge is 0.251 e. The molecule has 0 radical (unpaired) electrons. The Balaban J connectivity index is 2.09. The number of ketones is 1. The number of hydrogen-bond donors (Lipinski definition) is 0. The molecule has 0 saturated carbocycles. The standard InChI is InChI=1S/C23H20Cl3NO3/c1-13(9-19-20(25)5-4-6-21(19)26)27-12-22(30-3)18(11-23(27)29)17-10-15(24)7-8-16(17)14(2)28/h4-8,10-13H,9H2,1-3H3. The zero-order valence-electron chi connectivity index (χ0n) is 16.7. The van der Waals surface area contributed by atoms with E-state index in [1.165, 1.54) is 20.1 Å². The van der Waals surface area contributed by atoms with Gasteiger partial charge in [-0.3, -0.25) is 9.59 Å². The molecular formula is C23H20Cl3NO3. The summed E-state index contributed by atoms with van der Waals surface area (Å²) in [5, 5.41) is 1.56. The van der Waals surface area contributed by atoms with Crippen LogP contribution in [0.15, 0.2) is 53.5 Å². The summed E-state index contributed by atoms with van der Waals surface area (Å²) in [4.78, 5) is 25.1. The maximum absolute atomic E-state index is 13.0. The topological polar surface area (TPSA) is 48.3 Å². The SMILES string of the molecule is COc1cn(C(C)Cc2c(Cl)cccc2Cl)c(=O)cc1-c1cc(Cl)ccc1C(C)=O. The second-order valence-electron chi connectivity index (χ2n) is 7.00. The van der Waals surface area contributed by atoms with Crippen LogP contribution in [0.2, 0.25) is 15.1 Å². The largest absolute Gasteiger partial charge is 0.495 e. The van der Waals surface area contributed by atoms with Crippen molar-refractivity contribution < 1.29 is 9.53 Å². The molecule has 0 bridgehead atoms. The predicted octanol–water partition coefficient (Wildman–Crippen LogP) is 6.49. The van der Waals surface area contributed by atoms with Crippen LogP contribution in [-0.4, -0.2) is 17.5 Å². The van der Waals surface area contributed by atoms with E-state index in [1.54, 1.807) is 47.2 Å². The zero-order chi connectivity index (χ0) is 22.0. The fourth-order valence-corrected chi connectivity index (χ4v) is 4.14. The van der Waals surface area contributed by atoms with Crippen LogP contribution in [-0.2, 0) is 6.42 Å². The second kappa shape index (κ2) is 9.25. The van der Waals surface area contributed by atoms with E-state index in [4.69, 9.17) is 39.5 Å². The number of ether oxygens (including phenoxy) is 1. The van der Waals surface area contributed by atoms with Gasteiger partial charge in [0.15, 0.2) is 5.78 Å². The lowest BCUT2D eigenvalue weighted by Crippen LogP contribution is -2.24. The Kier molecular flexibility index (Phi) is 6.91. The quantitative estimate of drug-likeness (QED) is 0.392. The Bertz CT molecular complexity index is 1150.